The average Bonchev–Trinajstić information content (AvgIpc) is 2.40. The molecule has 2 N–H and O–H groups in total. The average molecular weight is 246 g/mol. The lowest BCUT2D eigenvalue weighted by Crippen LogP contribution is -2.46. The van der Waals surface area contributed by atoms with Gasteiger partial charge in [0.25, 0.3) is 0 Å². The Morgan fingerprint density at radius 3 is 3.00 bits per heavy atom. The zero-order chi connectivity index (χ0) is 13.0. The quantitative estimate of drug-likeness (QED) is 0.860. The Bertz CT molecular complexity index is 422. The predicted octanol–water partition coefficient (Wildman–Crippen LogP) is 2.58. The molecule has 0 aliphatic carbocycles. The summed E-state index contributed by atoms with van der Waals surface area (Å²) in [6, 6.07) is 8.09. The standard InChI is InChI=1S/C15H22N2O/c1-3-12-6-4-7-13(10-12)17-14(18)15(2)8-5-9-16-11-15/h4,6-7,10,16H,3,5,8-9,11H2,1-2H3,(H,17,18). The van der Waals surface area contributed by atoms with E-state index in [1.807, 2.05) is 19.1 Å². The Morgan fingerprint density at radius 2 is 2.33 bits per heavy atom. The van der Waals surface area contributed by atoms with Crippen molar-refractivity contribution in [2.45, 2.75) is 33.1 Å². The third-order valence-corrected chi connectivity index (χ3v) is 3.74. The van der Waals surface area contributed by atoms with Crippen molar-refractivity contribution in [1.82, 2.24) is 5.32 Å². The van der Waals surface area contributed by atoms with Crippen LogP contribution in [0.2, 0.25) is 0 Å². The number of carbonyl (C=O) groups is 1. The maximum absolute atomic E-state index is 12.3. The minimum absolute atomic E-state index is 0.128. The van der Waals surface area contributed by atoms with E-state index in [0.717, 1.165) is 38.0 Å². The van der Waals surface area contributed by atoms with Crippen molar-refractivity contribution in [3.05, 3.63) is 29.8 Å². The molecule has 0 radical (unpaired) electrons. The molecule has 1 atom stereocenters. The van der Waals surface area contributed by atoms with Gasteiger partial charge in [-0.2, -0.15) is 0 Å². The van der Waals surface area contributed by atoms with Gasteiger partial charge in [0.2, 0.25) is 5.91 Å². The van der Waals surface area contributed by atoms with Crippen LogP contribution in [0.15, 0.2) is 24.3 Å². The van der Waals surface area contributed by atoms with Crippen molar-refractivity contribution in [2.75, 3.05) is 18.4 Å². The fourth-order valence-corrected chi connectivity index (χ4v) is 2.40. The van der Waals surface area contributed by atoms with Gasteiger partial charge in [-0.15, -0.1) is 0 Å². The summed E-state index contributed by atoms with van der Waals surface area (Å²) in [5.74, 6) is 0.128. The number of hydrogen-bond donors (Lipinski definition) is 2. The lowest BCUT2D eigenvalue weighted by molar-refractivity contribution is -0.125. The molecule has 18 heavy (non-hydrogen) atoms. The molecular formula is C15H22N2O. The van der Waals surface area contributed by atoms with Crippen molar-refractivity contribution in [3.63, 3.8) is 0 Å². The summed E-state index contributed by atoms with van der Waals surface area (Å²) in [5, 5.41) is 6.35. The van der Waals surface area contributed by atoms with Gasteiger partial charge in [-0.1, -0.05) is 19.1 Å². The van der Waals surface area contributed by atoms with E-state index in [4.69, 9.17) is 0 Å². The zero-order valence-corrected chi connectivity index (χ0v) is 11.3. The molecule has 0 spiro atoms. The van der Waals surface area contributed by atoms with Crippen LogP contribution >= 0.6 is 0 Å². The summed E-state index contributed by atoms with van der Waals surface area (Å²) in [7, 11) is 0. The van der Waals surface area contributed by atoms with E-state index in [1.165, 1.54) is 5.56 Å². The molecule has 1 aliphatic heterocycles. The van der Waals surface area contributed by atoms with E-state index in [1.54, 1.807) is 0 Å². The minimum Gasteiger partial charge on any atom is -0.326 e. The van der Waals surface area contributed by atoms with Crippen LogP contribution in [0.25, 0.3) is 0 Å². The second-order valence-electron chi connectivity index (χ2n) is 5.35. The van der Waals surface area contributed by atoms with Gasteiger partial charge in [-0.05, 0) is 50.4 Å². The van der Waals surface area contributed by atoms with E-state index in [9.17, 15) is 4.79 Å². The second-order valence-corrected chi connectivity index (χ2v) is 5.35. The van der Waals surface area contributed by atoms with Gasteiger partial charge in [0.1, 0.15) is 0 Å². The topological polar surface area (TPSA) is 41.1 Å². The third kappa shape index (κ3) is 2.91. The molecule has 1 saturated heterocycles. The zero-order valence-electron chi connectivity index (χ0n) is 11.3. The summed E-state index contributed by atoms with van der Waals surface area (Å²) in [6.07, 6.45) is 3.01. The van der Waals surface area contributed by atoms with Gasteiger partial charge in [0.05, 0.1) is 5.41 Å². The van der Waals surface area contributed by atoms with Crippen LogP contribution in [0.4, 0.5) is 5.69 Å². The van der Waals surface area contributed by atoms with Gasteiger partial charge in [0, 0.05) is 12.2 Å². The third-order valence-electron chi connectivity index (χ3n) is 3.74. The van der Waals surface area contributed by atoms with Crippen LogP contribution < -0.4 is 10.6 Å². The number of piperidine rings is 1. The van der Waals surface area contributed by atoms with Crippen LogP contribution in [0.1, 0.15) is 32.3 Å². The molecule has 1 unspecified atom stereocenters. The van der Waals surface area contributed by atoms with Gasteiger partial charge >= 0.3 is 0 Å². The van der Waals surface area contributed by atoms with E-state index in [-0.39, 0.29) is 11.3 Å². The molecule has 0 aromatic heterocycles. The van der Waals surface area contributed by atoms with E-state index >= 15 is 0 Å². The fourth-order valence-electron chi connectivity index (χ4n) is 2.40. The van der Waals surface area contributed by atoms with E-state index in [2.05, 4.69) is 29.7 Å². The monoisotopic (exact) mass is 246 g/mol. The number of hydrogen-bond acceptors (Lipinski definition) is 2. The van der Waals surface area contributed by atoms with Crippen molar-refractivity contribution < 1.29 is 4.79 Å². The number of aryl methyl sites for hydroxylation is 1. The first-order valence-corrected chi connectivity index (χ1v) is 6.75. The Balaban J connectivity index is 2.05. The molecule has 3 nitrogen and oxygen atoms in total. The van der Waals surface area contributed by atoms with Crippen molar-refractivity contribution in [2.24, 2.45) is 5.41 Å². The molecule has 2 rings (SSSR count). The Labute approximate surface area is 109 Å². The molecule has 1 amide bonds. The summed E-state index contributed by atoms with van der Waals surface area (Å²) in [5.41, 5.74) is 1.88. The van der Waals surface area contributed by atoms with Gasteiger partial charge in [-0.25, -0.2) is 0 Å². The highest BCUT2D eigenvalue weighted by Gasteiger charge is 2.34. The number of benzene rings is 1. The lowest BCUT2D eigenvalue weighted by Gasteiger charge is -2.32. The minimum atomic E-state index is -0.277. The first kappa shape index (κ1) is 13.1. The second kappa shape index (κ2) is 5.53. The molecule has 0 saturated carbocycles. The smallest absolute Gasteiger partial charge is 0.231 e. The van der Waals surface area contributed by atoms with E-state index in [0.29, 0.717) is 0 Å². The molecule has 1 aliphatic rings. The van der Waals surface area contributed by atoms with Crippen molar-refractivity contribution in [1.29, 1.82) is 0 Å². The number of amides is 1. The fraction of sp³-hybridized carbons (Fsp3) is 0.533. The van der Waals surface area contributed by atoms with Crippen molar-refractivity contribution in [3.8, 4) is 0 Å². The van der Waals surface area contributed by atoms with Gasteiger partial charge in [-0.3, -0.25) is 4.79 Å². The Kier molecular flexibility index (Phi) is 4.02. The van der Waals surface area contributed by atoms with Crippen LogP contribution in [0.5, 0.6) is 0 Å². The van der Waals surface area contributed by atoms with E-state index < -0.39 is 0 Å². The summed E-state index contributed by atoms with van der Waals surface area (Å²) in [6.45, 7) is 5.95. The molecular weight excluding hydrogens is 224 g/mol. The molecule has 3 heteroatoms. The largest absolute Gasteiger partial charge is 0.326 e. The Hall–Kier alpha value is -1.35. The van der Waals surface area contributed by atoms with Crippen LogP contribution in [-0.4, -0.2) is 19.0 Å². The predicted molar refractivity (Wildman–Crippen MR) is 74.7 cm³/mol. The molecule has 1 fully saturated rings. The van der Waals surface area contributed by atoms with Crippen LogP contribution in [-0.2, 0) is 11.2 Å². The highest BCUT2D eigenvalue weighted by Crippen LogP contribution is 2.27. The van der Waals surface area contributed by atoms with Crippen molar-refractivity contribution >= 4 is 11.6 Å². The maximum Gasteiger partial charge on any atom is 0.231 e. The first-order valence-electron chi connectivity index (χ1n) is 6.75. The molecule has 0 bridgehead atoms. The number of nitrogens with one attached hydrogen (secondary N) is 2. The van der Waals surface area contributed by atoms with Gasteiger partial charge in [0.15, 0.2) is 0 Å². The van der Waals surface area contributed by atoms with Crippen LogP contribution in [0.3, 0.4) is 0 Å². The maximum atomic E-state index is 12.3. The number of carbonyl (C=O) groups excluding carboxylic acids is 1. The lowest BCUT2D eigenvalue weighted by atomic mass is 9.82. The number of anilines is 1. The molecule has 98 valence electrons. The van der Waals surface area contributed by atoms with Crippen LogP contribution in [0, 0.1) is 5.41 Å². The summed E-state index contributed by atoms with van der Waals surface area (Å²) in [4.78, 5) is 12.3. The molecule has 1 aromatic rings. The molecule has 1 aromatic carbocycles. The SMILES string of the molecule is CCc1cccc(NC(=O)C2(C)CCCNC2)c1. The first-order chi connectivity index (χ1) is 8.64. The number of rotatable bonds is 3. The Morgan fingerprint density at radius 1 is 1.50 bits per heavy atom. The molecule has 1 heterocycles. The highest BCUT2D eigenvalue weighted by molar-refractivity contribution is 5.95. The van der Waals surface area contributed by atoms with Gasteiger partial charge < -0.3 is 10.6 Å². The summed E-state index contributed by atoms with van der Waals surface area (Å²) >= 11 is 0. The highest BCUT2D eigenvalue weighted by atomic mass is 16.2. The normalized spacial score (nSPS) is 23.7. The summed E-state index contributed by atoms with van der Waals surface area (Å²) < 4.78 is 0.